The van der Waals surface area contributed by atoms with Gasteiger partial charge < -0.3 is 19.5 Å². The molecule has 2 aliphatic rings. The summed E-state index contributed by atoms with van der Waals surface area (Å²) in [6, 6.07) is 7.57. The highest BCUT2D eigenvalue weighted by atomic mass is 16.5. The van der Waals surface area contributed by atoms with Gasteiger partial charge in [0, 0.05) is 6.54 Å². The number of nitrogens with zero attached hydrogens (tertiary/aromatic N) is 1. The fourth-order valence-corrected chi connectivity index (χ4v) is 3.37. The van der Waals surface area contributed by atoms with Crippen molar-refractivity contribution in [2.45, 2.75) is 38.3 Å². The number of carbonyl (C=O) groups excluding carboxylic acids is 1. The molecule has 0 unspecified atom stereocenters. The monoisotopic (exact) mass is 317 g/mol. The summed E-state index contributed by atoms with van der Waals surface area (Å²) in [6.45, 7) is 2.88. The second kappa shape index (κ2) is 6.62. The van der Waals surface area contributed by atoms with E-state index >= 15 is 0 Å². The molecule has 0 spiro atoms. The molecule has 0 aliphatic carbocycles. The van der Waals surface area contributed by atoms with Crippen molar-refractivity contribution in [1.29, 1.82) is 0 Å². The van der Waals surface area contributed by atoms with Crippen LogP contribution in [0.25, 0.3) is 0 Å². The average molecular weight is 317 g/mol. The predicted molar refractivity (Wildman–Crippen MR) is 86.0 cm³/mol. The molecule has 2 aliphatic heterocycles. The number of rotatable bonds is 3. The lowest BCUT2D eigenvalue weighted by Crippen LogP contribution is -2.34. The van der Waals surface area contributed by atoms with Crippen LogP contribution >= 0.6 is 0 Å². The Labute approximate surface area is 136 Å². The quantitative estimate of drug-likeness (QED) is 0.930. The Morgan fingerprint density at radius 2 is 2.26 bits per heavy atom. The second-order valence-corrected chi connectivity index (χ2v) is 6.13. The van der Waals surface area contributed by atoms with Gasteiger partial charge in [-0.2, -0.15) is 0 Å². The van der Waals surface area contributed by atoms with Gasteiger partial charge in [0.2, 0.25) is 0 Å². The number of likely N-dealkylation sites (tertiary alicyclic amines) is 1. The van der Waals surface area contributed by atoms with Crippen LogP contribution < -0.4 is 4.74 Å². The zero-order chi connectivity index (χ0) is 16.4. The molecule has 5 nitrogen and oxygen atoms in total. The van der Waals surface area contributed by atoms with Crippen molar-refractivity contribution in [2.24, 2.45) is 0 Å². The lowest BCUT2D eigenvalue weighted by molar-refractivity contribution is -0.129. The molecule has 2 heterocycles. The summed E-state index contributed by atoms with van der Waals surface area (Å²) in [7, 11) is 1.62. The van der Waals surface area contributed by atoms with Crippen molar-refractivity contribution in [1.82, 2.24) is 4.90 Å². The van der Waals surface area contributed by atoms with E-state index in [4.69, 9.17) is 9.47 Å². The first-order valence-electron chi connectivity index (χ1n) is 8.05. The Bertz CT molecular complexity index is 625. The number of carbonyl (C=O) groups is 1. The minimum atomic E-state index is -0.499. The largest absolute Gasteiger partial charge is 0.498 e. The molecule has 2 atom stereocenters. The topological polar surface area (TPSA) is 59.0 Å². The van der Waals surface area contributed by atoms with Gasteiger partial charge in [0.05, 0.1) is 31.4 Å². The van der Waals surface area contributed by atoms with E-state index in [1.165, 1.54) is 0 Å². The average Bonchev–Trinajstić information content (AvgIpc) is 2.96. The van der Waals surface area contributed by atoms with Gasteiger partial charge in [0.1, 0.15) is 11.5 Å². The van der Waals surface area contributed by atoms with Crippen LogP contribution in [0.2, 0.25) is 0 Å². The maximum Gasteiger partial charge on any atom is 0.253 e. The number of allylic oxidation sites excluding steroid dienone is 1. The molecule has 3 rings (SSSR count). The third-order valence-corrected chi connectivity index (χ3v) is 4.59. The minimum Gasteiger partial charge on any atom is -0.498 e. The lowest BCUT2D eigenvalue weighted by atomic mass is 10.0. The SMILES string of the molecule is COc1cccc([C@H]2C[C@H](O)CN2C(=O)C2=C(C)OCCC2)c1. The smallest absolute Gasteiger partial charge is 0.253 e. The van der Waals surface area contributed by atoms with E-state index in [1.54, 1.807) is 12.0 Å². The van der Waals surface area contributed by atoms with Crippen molar-refractivity contribution < 1.29 is 19.4 Å². The molecule has 1 N–H and O–H groups in total. The highest BCUT2D eigenvalue weighted by Crippen LogP contribution is 2.36. The van der Waals surface area contributed by atoms with E-state index in [2.05, 4.69) is 0 Å². The zero-order valence-electron chi connectivity index (χ0n) is 13.6. The highest BCUT2D eigenvalue weighted by Gasteiger charge is 2.37. The first kappa shape index (κ1) is 15.9. The maximum absolute atomic E-state index is 12.9. The van der Waals surface area contributed by atoms with Crippen molar-refractivity contribution in [3.63, 3.8) is 0 Å². The molecule has 1 saturated heterocycles. The summed E-state index contributed by atoms with van der Waals surface area (Å²) in [5.74, 6) is 1.45. The molecular formula is C18H23NO4. The van der Waals surface area contributed by atoms with Crippen LogP contribution in [0.3, 0.4) is 0 Å². The highest BCUT2D eigenvalue weighted by molar-refractivity contribution is 5.94. The lowest BCUT2D eigenvalue weighted by Gasteiger charge is -2.28. The van der Waals surface area contributed by atoms with Gasteiger partial charge in [-0.05, 0) is 43.9 Å². The molecule has 0 bridgehead atoms. The van der Waals surface area contributed by atoms with Gasteiger partial charge >= 0.3 is 0 Å². The number of hydrogen-bond acceptors (Lipinski definition) is 4. The van der Waals surface area contributed by atoms with Crippen molar-refractivity contribution in [2.75, 3.05) is 20.3 Å². The number of ether oxygens (including phenoxy) is 2. The van der Waals surface area contributed by atoms with E-state index in [9.17, 15) is 9.90 Å². The van der Waals surface area contributed by atoms with Gasteiger partial charge in [-0.3, -0.25) is 4.79 Å². The Kier molecular flexibility index (Phi) is 4.57. The summed E-state index contributed by atoms with van der Waals surface area (Å²) in [5, 5.41) is 10.1. The van der Waals surface area contributed by atoms with Crippen LogP contribution in [0.1, 0.15) is 37.8 Å². The Hall–Kier alpha value is -2.01. The van der Waals surface area contributed by atoms with Crippen LogP contribution in [-0.4, -0.2) is 42.3 Å². The van der Waals surface area contributed by atoms with E-state index in [0.29, 0.717) is 25.3 Å². The summed E-state index contributed by atoms with van der Waals surface area (Å²) >= 11 is 0. The number of aliphatic hydroxyl groups is 1. The zero-order valence-corrected chi connectivity index (χ0v) is 13.6. The number of methoxy groups -OCH3 is 1. The fourth-order valence-electron chi connectivity index (χ4n) is 3.37. The molecular weight excluding hydrogens is 294 g/mol. The summed E-state index contributed by atoms with van der Waals surface area (Å²) in [4.78, 5) is 14.7. The molecule has 0 saturated carbocycles. The maximum atomic E-state index is 12.9. The Morgan fingerprint density at radius 3 is 3.00 bits per heavy atom. The number of aliphatic hydroxyl groups excluding tert-OH is 1. The second-order valence-electron chi connectivity index (χ2n) is 6.13. The third-order valence-electron chi connectivity index (χ3n) is 4.59. The molecule has 1 aromatic carbocycles. The Morgan fingerprint density at radius 1 is 1.43 bits per heavy atom. The molecule has 0 aromatic heterocycles. The summed E-state index contributed by atoms with van der Waals surface area (Å²) < 4.78 is 10.8. The van der Waals surface area contributed by atoms with Crippen molar-refractivity contribution in [3.05, 3.63) is 41.2 Å². The van der Waals surface area contributed by atoms with Crippen LogP contribution in [0.4, 0.5) is 0 Å². The van der Waals surface area contributed by atoms with E-state index in [1.807, 2.05) is 31.2 Å². The summed E-state index contributed by atoms with van der Waals surface area (Å²) in [5.41, 5.74) is 1.72. The van der Waals surface area contributed by atoms with Crippen LogP contribution in [0.15, 0.2) is 35.6 Å². The summed E-state index contributed by atoms with van der Waals surface area (Å²) in [6.07, 6.45) is 1.65. The van der Waals surface area contributed by atoms with Crippen LogP contribution in [-0.2, 0) is 9.53 Å². The molecule has 1 amide bonds. The predicted octanol–water partition coefficient (Wildman–Crippen LogP) is 2.41. The molecule has 124 valence electrons. The molecule has 5 heteroatoms. The standard InChI is InChI=1S/C18H23NO4/c1-12-16(7-4-8-23-12)18(21)19-11-14(20)10-17(19)13-5-3-6-15(9-13)22-2/h3,5-6,9,14,17,20H,4,7-8,10-11H2,1-2H3/t14-,17+/m0/s1. The Balaban J connectivity index is 1.89. The van der Waals surface area contributed by atoms with E-state index < -0.39 is 6.10 Å². The van der Waals surface area contributed by atoms with Gasteiger partial charge in [0.25, 0.3) is 5.91 Å². The molecule has 23 heavy (non-hydrogen) atoms. The van der Waals surface area contributed by atoms with E-state index in [-0.39, 0.29) is 11.9 Å². The molecule has 1 aromatic rings. The number of β-amino-alcohol motifs (C(OH)–C–C–N with tert-alkyl or cyclic N) is 1. The first-order chi connectivity index (χ1) is 11.1. The minimum absolute atomic E-state index is 0.0217. The number of amides is 1. The van der Waals surface area contributed by atoms with Crippen LogP contribution in [0, 0.1) is 0 Å². The number of benzene rings is 1. The number of hydrogen-bond donors (Lipinski definition) is 1. The van der Waals surface area contributed by atoms with E-state index in [0.717, 1.165) is 29.7 Å². The third kappa shape index (κ3) is 3.20. The molecule has 1 fully saturated rings. The van der Waals surface area contributed by atoms with Gasteiger partial charge in [-0.25, -0.2) is 0 Å². The van der Waals surface area contributed by atoms with Crippen LogP contribution in [0.5, 0.6) is 5.75 Å². The molecule has 0 radical (unpaired) electrons. The van der Waals surface area contributed by atoms with Crippen molar-refractivity contribution >= 4 is 5.91 Å². The fraction of sp³-hybridized carbons (Fsp3) is 0.500. The first-order valence-corrected chi connectivity index (χ1v) is 8.05. The van der Waals surface area contributed by atoms with Gasteiger partial charge in [-0.1, -0.05) is 12.1 Å². The van der Waals surface area contributed by atoms with Gasteiger partial charge in [-0.15, -0.1) is 0 Å². The van der Waals surface area contributed by atoms with Gasteiger partial charge in [0.15, 0.2) is 0 Å². The van der Waals surface area contributed by atoms with Crippen molar-refractivity contribution in [3.8, 4) is 5.75 Å². The normalized spacial score (nSPS) is 24.6.